The van der Waals surface area contributed by atoms with E-state index in [1.54, 1.807) is 18.2 Å². The number of para-hydroxylation sites is 1. The molecule has 0 spiro atoms. The number of methoxy groups -OCH3 is 1. The van der Waals surface area contributed by atoms with Crippen LogP contribution in [0.2, 0.25) is 0 Å². The Labute approximate surface area is 185 Å². The van der Waals surface area contributed by atoms with Crippen LogP contribution in [0.1, 0.15) is 48.2 Å². The third-order valence-electron chi connectivity index (χ3n) is 4.65. The van der Waals surface area contributed by atoms with E-state index in [1.807, 2.05) is 32.0 Å². The first-order chi connectivity index (χ1) is 14.4. The second kappa shape index (κ2) is 11.5. The Morgan fingerprint density at radius 3 is 2.27 bits per heavy atom. The molecule has 0 aliphatic carbocycles. The summed E-state index contributed by atoms with van der Waals surface area (Å²) in [6.07, 6.45) is 1.41. The van der Waals surface area contributed by atoms with Gasteiger partial charge in [0.2, 0.25) is 0 Å². The van der Waals surface area contributed by atoms with Crippen molar-refractivity contribution in [2.24, 2.45) is 0 Å². The normalized spacial score (nSPS) is 10.4. The van der Waals surface area contributed by atoms with E-state index in [0.29, 0.717) is 11.3 Å². The molecule has 2 rings (SSSR count). The quantitative estimate of drug-likeness (QED) is 0.396. The van der Waals surface area contributed by atoms with Crippen LogP contribution < -0.4 is 10.1 Å². The lowest BCUT2D eigenvalue weighted by Gasteiger charge is -2.14. The minimum absolute atomic E-state index is 0.0358. The number of halogens is 1. The lowest BCUT2D eigenvalue weighted by atomic mass is 10.0. The molecule has 2 aromatic rings. The highest BCUT2D eigenvalue weighted by Crippen LogP contribution is 2.25. The Morgan fingerprint density at radius 2 is 1.67 bits per heavy atom. The number of ether oxygens (including phenoxy) is 2. The maximum absolute atomic E-state index is 12.4. The van der Waals surface area contributed by atoms with Crippen LogP contribution in [0, 0.1) is 0 Å². The monoisotopic (exact) mass is 475 g/mol. The number of esters is 1. The summed E-state index contributed by atoms with van der Waals surface area (Å²) in [7, 11) is 1.48. The van der Waals surface area contributed by atoms with Crippen molar-refractivity contribution in [2.45, 2.75) is 39.5 Å². The molecule has 0 atom stereocenters. The van der Waals surface area contributed by atoms with Crippen LogP contribution >= 0.6 is 15.9 Å². The number of Topliss-reactive ketones (excluding diaryl/α,β-unsaturated/α-hetero) is 1. The number of aryl methyl sites for hydroxylation is 2. The van der Waals surface area contributed by atoms with E-state index in [0.717, 1.165) is 34.1 Å². The van der Waals surface area contributed by atoms with Crippen LogP contribution in [0.5, 0.6) is 5.75 Å². The Balaban J connectivity index is 1.88. The minimum atomic E-state index is -0.605. The van der Waals surface area contributed by atoms with Crippen molar-refractivity contribution >= 4 is 39.3 Å². The van der Waals surface area contributed by atoms with Gasteiger partial charge >= 0.3 is 5.97 Å². The van der Waals surface area contributed by atoms with Gasteiger partial charge in [-0.3, -0.25) is 14.4 Å². The Bertz CT molecular complexity index is 904. The first-order valence-electron chi connectivity index (χ1n) is 9.82. The maximum atomic E-state index is 12.4. The fourth-order valence-electron chi connectivity index (χ4n) is 3.05. The summed E-state index contributed by atoms with van der Waals surface area (Å²) >= 11 is 3.32. The number of benzene rings is 2. The number of rotatable bonds is 10. The molecule has 0 radical (unpaired) electrons. The highest BCUT2D eigenvalue weighted by molar-refractivity contribution is 9.10. The molecule has 0 saturated carbocycles. The van der Waals surface area contributed by atoms with Crippen molar-refractivity contribution < 1.29 is 23.9 Å². The first kappa shape index (κ1) is 23.6. The van der Waals surface area contributed by atoms with Crippen LogP contribution in [0.25, 0.3) is 0 Å². The van der Waals surface area contributed by atoms with Crippen molar-refractivity contribution in [1.29, 1.82) is 0 Å². The Morgan fingerprint density at radius 1 is 1.00 bits per heavy atom. The van der Waals surface area contributed by atoms with Gasteiger partial charge < -0.3 is 14.8 Å². The van der Waals surface area contributed by atoms with E-state index < -0.39 is 18.5 Å². The molecule has 0 fully saturated rings. The van der Waals surface area contributed by atoms with Gasteiger partial charge in [-0.1, -0.05) is 48.0 Å². The Kier molecular flexibility index (Phi) is 9.05. The van der Waals surface area contributed by atoms with Gasteiger partial charge in [0.15, 0.2) is 12.4 Å². The average molecular weight is 476 g/mol. The number of carbonyl (C=O) groups is 3. The lowest BCUT2D eigenvalue weighted by Crippen LogP contribution is -2.22. The van der Waals surface area contributed by atoms with Crippen molar-refractivity contribution in [3.8, 4) is 5.75 Å². The van der Waals surface area contributed by atoms with E-state index in [9.17, 15) is 14.4 Å². The molecule has 2 aromatic carbocycles. The largest absolute Gasteiger partial charge is 0.496 e. The molecule has 0 aliphatic rings. The second-order valence-electron chi connectivity index (χ2n) is 6.64. The summed E-state index contributed by atoms with van der Waals surface area (Å²) in [4.78, 5) is 36.7. The van der Waals surface area contributed by atoms with E-state index in [4.69, 9.17) is 9.47 Å². The fraction of sp³-hybridized carbons (Fsp3) is 0.348. The number of hydrogen-bond acceptors (Lipinski definition) is 5. The van der Waals surface area contributed by atoms with E-state index in [1.165, 1.54) is 7.11 Å². The summed E-state index contributed by atoms with van der Waals surface area (Å²) in [5, 5.41) is 2.84. The molecule has 7 heteroatoms. The third kappa shape index (κ3) is 6.42. The van der Waals surface area contributed by atoms with E-state index in [2.05, 4.69) is 21.2 Å². The molecule has 0 unspecified atom stereocenters. The first-order valence-corrected chi connectivity index (χ1v) is 10.6. The zero-order chi connectivity index (χ0) is 22.1. The zero-order valence-corrected chi connectivity index (χ0v) is 19.0. The van der Waals surface area contributed by atoms with Crippen LogP contribution in [-0.2, 0) is 27.2 Å². The smallest absolute Gasteiger partial charge is 0.306 e. The van der Waals surface area contributed by atoms with Gasteiger partial charge in [-0.15, -0.1) is 0 Å². The zero-order valence-electron chi connectivity index (χ0n) is 17.4. The SMILES string of the molecule is CCc1cccc(CC)c1NC(=O)COC(=O)CCC(=O)c1cc(Br)ccc1OC. The molecule has 0 aromatic heterocycles. The van der Waals surface area contributed by atoms with Crippen molar-refractivity contribution in [3.05, 3.63) is 57.6 Å². The number of amides is 1. The number of ketones is 1. The van der Waals surface area contributed by atoms with Crippen LogP contribution in [0.4, 0.5) is 5.69 Å². The standard InChI is InChI=1S/C23H26BrNO5/c1-4-15-7-6-8-16(5-2)23(15)25-21(27)14-30-22(28)12-10-19(26)18-13-17(24)9-11-20(18)29-3/h6-9,11,13H,4-5,10,12,14H2,1-3H3,(H,25,27). The minimum Gasteiger partial charge on any atom is -0.496 e. The number of carbonyl (C=O) groups excluding carboxylic acids is 3. The summed E-state index contributed by atoms with van der Waals surface area (Å²) in [6, 6.07) is 11.0. The number of anilines is 1. The van der Waals surface area contributed by atoms with Gasteiger partial charge in [-0.05, 0) is 42.2 Å². The summed E-state index contributed by atoms with van der Waals surface area (Å²) < 4.78 is 11.0. The molecule has 0 saturated heterocycles. The predicted octanol–water partition coefficient (Wildman–Crippen LogP) is 4.73. The molecule has 1 amide bonds. The number of nitrogens with one attached hydrogen (secondary N) is 1. The van der Waals surface area contributed by atoms with Gasteiger partial charge in [-0.25, -0.2) is 0 Å². The van der Waals surface area contributed by atoms with Gasteiger partial charge in [0.1, 0.15) is 5.75 Å². The molecule has 0 aliphatic heterocycles. The van der Waals surface area contributed by atoms with Gasteiger partial charge in [0.05, 0.1) is 19.1 Å². The highest BCUT2D eigenvalue weighted by Gasteiger charge is 2.16. The van der Waals surface area contributed by atoms with Gasteiger partial charge in [-0.2, -0.15) is 0 Å². The van der Waals surface area contributed by atoms with Gasteiger partial charge in [0, 0.05) is 16.6 Å². The maximum Gasteiger partial charge on any atom is 0.306 e. The van der Waals surface area contributed by atoms with Crippen LogP contribution in [0.15, 0.2) is 40.9 Å². The molecule has 160 valence electrons. The van der Waals surface area contributed by atoms with Gasteiger partial charge in [0.25, 0.3) is 5.91 Å². The van der Waals surface area contributed by atoms with E-state index >= 15 is 0 Å². The van der Waals surface area contributed by atoms with Crippen molar-refractivity contribution in [1.82, 2.24) is 0 Å². The third-order valence-corrected chi connectivity index (χ3v) is 5.14. The molecule has 6 nitrogen and oxygen atoms in total. The molecular formula is C23H26BrNO5. The molecule has 0 bridgehead atoms. The summed E-state index contributed by atoms with van der Waals surface area (Å²) in [5.41, 5.74) is 3.23. The highest BCUT2D eigenvalue weighted by atomic mass is 79.9. The van der Waals surface area contributed by atoms with Crippen molar-refractivity contribution in [2.75, 3.05) is 19.0 Å². The van der Waals surface area contributed by atoms with Crippen LogP contribution in [0.3, 0.4) is 0 Å². The van der Waals surface area contributed by atoms with E-state index in [-0.39, 0.29) is 18.6 Å². The Hall–Kier alpha value is -2.67. The second-order valence-corrected chi connectivity index (χ2v) is 7.55. The summed E-state index contributed by atoms with van der Waals surface area (Å²) in [6.45, 7) is 3.64. The molecule has 1 N–H and O–H groups in total. The molecule has 30 heavy (non-hydrogen) atoms. The topological polar surface area (TPSA) is 81.7 Å². The average Bonchev–Trinajstić information content (AvgIpc) is 2.76. The van der Waals surface area contributed by atoms with Crippen molar-refractivity contribution in [3.63, 3.8) is 0 Å². The predicted molar refractivity (Wildman–Crippen MR) is 119 cm³/mol. The number of hydrogen-bond donors (Lipinski definition) is 1. The molecular weight excluding hydrogens is 450 g/mol. The molecule has 0 heterocycles. The lowest BCUT2D eigenvalue weighted by molar-refractivity contribution is -0.147. The van der Waals surface area contributed by atoms with Crippen LogP contribution in [-0.4, -0.2) is 31.4 Å². The summed E-state index contributed by atoms with van der Waals surface area (Å²) in [5.74, 6) is -0.804. The fourth-order valence-corrected chi connectivity index (χ4v) is 3.41.